The second-order valence-corrected chi connectivity index (χ2v) is 7.41. The van der Waals surface area contributed by atoms with Gasteiger partial charge in [0, 0.05) is 25.5 Å². The minimum absolute atomic E-state index is 0.101. The van der Waals surface area contributed by atoms with Gasteiger partial charge >= 0.3 is 0 Å². The average molecular weight is 355 g/mol. The van der Waals surface area contributed by atoms with Crippen molar-refractivity contribution in [3.63, 3.8) is 0 Å². The zero-order chi connectivity index (χ0) is 17.9. The van der Waals surface area contributed by atoms with Crippen molar-refractivity contribution in [3.8, 4) is 5.75 Å². The van der Waals surface area contributed by atoms with Crippen molar-refractivity contribution in [1.29, 1.82) is 0 Å². The number of sulfonamides is 1. The molecule has 6 nitrogen and oxygen atoms in total. The molecule has 8 heteroatoms. The van der Waals surface area contributed by atoms with Crippen LogP contribution < -0.4 is 9.46 Å². The Labute approximate surface area is 141 Å². The minimum atomic E-state index is -3.91. The fourth-order valence-electron chi connectivity index (χ4n) is 2.50. The molecule has 1 atom stereocenters. The third-order valence-electron chi connectivity index (χ3n) is 3.83. The molecule has 0 spiro atoms. The largest absolute Gasteiger partial charge is 0.495 e. The first-order chi connectivity index (χ1) is 11.3. The van der Waals surface area contributed by atoms with Gasteiger partial charge in [-0.25, -0.2) is 17.5 Å². The molecule has 0 aliphatic carbocycles. The van der Waals surface area contributed by atoms with Gasteiger partial charge in [0.05, 0.1) is 13.2 Å². The summed E-state index contributed by atoms with van der Waals surface area (Å²) in [5, 5.41) is 0. The van der Waals surface area contributed by atoms with E-state index in [9.17, 15) is 12.8 Å². The van der Waals surface area contributed by atoms with Gasteiger partial charge in [-0.3, -0.25) is 4.90 Å². The van der Waals surface area contributed by atoms with Crippen molar-refractivity contribution in [2.45, 2.75) is 10.9 Å². The predicted octanol–water partition coefficient (Wildman–Crippen LogP) is 1.75. The Kier molecular flexibility index (Phi) is 5.63. The van der Waals surface area contributed by atoms with Gasteiger partial charge in [0.15, 0.2) is 0 Å². The fraction of sp³-hybridized carbons (Fsp3) is 0.375. The molecule has 1 N–H and O–H groups in total. The van der Waals surface area contributed by atoms with Gasteiger partial charge in [-0.1, -0.05) is 0 Å². The van der Waals surface area contributed by atoms with Crippen LogP contribution in [0.5, 0.6) is 5.75 Å². The number of benzene rings is 1. The Balaban J connectivity index is 2.26. The van der Waals surface area contributed by atoms with E-state index < -0.39 is 15.8 Å². The van der Waals surface area contributed by atoms with Crippen molar-refractivity contribution >= 4 is 10.0 Å². The molecule has 2 aromatic rings. The van der Waals surface area contributed by atoms with Crippen LogP contribution in [-0.2, 0) is 17.1 Å². The zero-order valence-corrected chi connectivity index (χ0v) is 15.0. The Morgan fingerprint density at radius 1 is 1.33 bits per heavy atom. The Hall–Kier alpha value is -1.90. The topological polar surface area (TPSA) is 63.6 Å². The van der Waals surface area contributed by atoms with Crippen LogP contribution in [0.1, 0.15) is 11.7 Å². The Morgan fingerprint density at radius 2 is 2.04 bits per heavy atom. The van der Waals surface area contributed by atoms with Gasteiger partial charge in [0.25, 0.3) is 0 Å². The molecule has 0 fully saturated rings. The van der Waals surface area contributed by atoms with Crippen molar-refractivity contribution in [2.75, 3.05) is 27.7 Å². The number of likely N-dealkylation sites (N-methyl/N-ethyl adjacent to an activating group) is 1. The third-order valence-corrected chi connectivity index (χ3v) is 5.28. The summed E-state index contributed by atoms with van der Waals surface area (Å²) in [6, 6.07) is 7.07. The van der Waals surface area contributed by atoms with Crippen LogP contribution in [-0.4, -0.2) is 45.6 Å². The second kappa shape index (κ2) is 7.33. The zero-order valence-electron chi connectivity index (χ0n) is 14.2. The van der Waals surface area contributed by atoms with E-state index in [2.05, 4.69) is 4.72 Å². The van der Waals surface area contributed by atoms with E-state index in [0.29, 0.717) is 0 Å². The summed E-state index contributed by atoms with van der Waals surface area (Å²) in [6.45, 7) is 0.146. The van der Waals surface area contributed by atoms with E-state index in [0.717, 1.165) is 17.8 Å². The lowest BCUT2D eigenvalue weighted by Crippen LogP contribution is -2.35. The molecule has 24 heavy (non-hydrogen) atoms. The van der Waals surface area contributed by atoms with Gasteiger partial charge in [-0.2, -0.15) is 0 Å². The number of methoxy groups -OCH3 is 1. The van der Waals surface area contributed by atoms with Crippen LogP contribution >= 0.6 is 0 Å². The molecule has 0 saturated carbocycles. The van der Waals surface area contributed by atoms with Crippen LogP contribution in [0.15, 0.2) is 41.4 Å². The Bertz CT molecular complexity index is 803. The molecule has 1 aromatic heterocycles. The highest BCUT2D eigenvalue weighted by Crippen LogP contribution is 2.25. The van der Waals surface area contributed by atoms with Gasteiger partial charge in [-0.15, -0.1) is 0 Å². The summed E-state index contributed by atoms with van der Waals surface area (Å²) in [4.78, 5) is 1.70. The quantitative estimate of drug-likeness (QED) is 0.822. The molecule has 0 bridgehead atoms. The maximum Gasteiger partial charge on any atom is 0.244 e. The van der Waals surface area contributed by atoms with Crippen molar-refractivity contribution in [1.82, 2.24) is 14.2 Å². The first-order valence-corrected chi connectivity index (χ1v) is 8.85. The number of aryl methyl sites for hydroxylation is 1. The molecule has 0 saturated heterocycles. The normalized spacial score (nSPS) is 13.2. The van der Waals surface area contributed by atoms with E-state index in [4.69, 9.17) is 4.74 Å². The molecule has 1 aromatic carbocycles. The minimum Gasteiger partial charge on any atom is -0.495 e. The number of halogens is 1. The molecular formula is C16H22FN3O3S. The first kappa shape index (κ1) is 18.4. The van der Waals surface area contributed by atoms with Gasteiger partial charge in [-0.05, 0) is 44.4 Å². The maximum atomic E-state index is 13.5. The van der Waals surface area contributed by atoms with Gasteiger partial charge in [0.2, 0.25) is 10.0 Å². The molecule has 0 aliphatic rings. The highest BCUT2D eigenvalue weighted by Gasteiger charge is 2.24. The molecular weight excluding hydrogens is 333 g/mol. The second-order valence-electron chi connectivity index (χ2n) is 5.67. The van der Waals surface area contributed by atoms with Gasteiger partial charge in [0.1, 0.15) is 16.5 Å². The number of nitrogens with one attached hydrogen (secondary N) is 1. The summed E-state index contributed by atoms with van der Waals surface area (Å²) in [5.74, 6) is -0.535. The van der Waals surface area contributed by atoms with Crippen molar-refractivity contribution < 1.29 is 17.5 Å². The molecule has 0 amide bonds. The number of ether oxygens (including phenoxy) is 1. The lowest BCUT2D eigenvalue weighted by molar-refractivity contribution is 0.289. The smallest absolute Gasteiger partial charge is 0.244 e. The van der Waals surface area contributed by atoms with E-state index >= 15 is 0 Å². The van der Waals surface area contributed by atoms with E-state index in [1.165, 1.54) is 13.2 Å². The number of hydrogen-bond donors (Lipinski definition) is 1. The van der Waals surface area contributed by atoms with E-state index in [1.54, 1.807) is 0 Å². The fourth-order valence-corrected chi connectivity index (χ4v) is 3.72. The lowest BCUT2D eigenvalue weighted by atomic mass is 10.2. The highest BCUT2D eigenvalue weighted by atomic mass is 32.2. The summed E-state index contributed by atoms with van der Waals surface area (Å²) in [7, 11) is 3.08. The van der Waals surface area contributed by atoms with Crippen LogP contribution in [0, 0.1) is 5.82 Å². The summed E-state index contributed by atoms with van der Waals surface area (Å²) in [6.07, 6.45) is 1.90. The third kappa shape index (κ3) is 3.95. The number of rotatable bonds is 7. The van der Waals surface area contributed by atoms with Crippen LogP contribution in [0.2, 0.25) is 0 Å². The SMILES string of the molecule is COc1ccc(F)cc1S(=O)(=O)NC[C@@H](c1cccn1C)N(C)C. The highest BCUT2D eigenvalue weighted by molar-refractivity contribution is 7.89. The van der Waals surface area contributed by atoms with Crippen LogP contribution in [0.4, 0.5) is 4.39 Å². The van der Waals surface area contributed by atoms with Crippen LogP contribution in [0.25, 0.3) is 0 Å². The molecule has 2 rings (SSSR count). The number of nitrogens with zero attached hydrogens (tertiary/aromatic N) is 2. The summed E-state index contributed by atoms with van der Waals surface area (Å²) >= 11 is 0. The monoisotopic (exact) mass is 355 g/mol. The van der Waals surface area contributed by atoms with Crippen LogP contribution in [0.3, 0.4) is 0 Å². The van der Waals surface area contributed by atoms with E-state index in [1.807, 2.05) is 48.9 Å². The average Bonchev–Trinajstić information content (AvgIpc) is 2.93. The Morgan fingerprint density at radius 3 is 2.58 bits per heavy atom. The molecule has 0 unspecified atom stereocenters. The molecule has 0 aliphatic heterocycles. The predicted molar refractivity (Wildman–Crippen MR) is 90.0 cm³/mol. The first-order valence-electron chi connectivity index (χ1n) is 7.37. The summed E-state index contributed by atoms with van der Waals surface area (Å²) in [5.41, 5.74) is 0.967. The maximum absolute atomic E-state index is 13.5. The summed E-state index contributed by atoms with van der Waals surface area (Å²) < 4.78 is 48.1. The molecule has 1 heterocycles. The van der Waals surface area contributed by atoms with Crippen molar-refractivity contribution in [2.24, 2.45) is 7.05 Å². The van der Waals surface area contributed by atoms with E-state index in [-0.39, 0.29) is 23.2 Å². The number of hydrogen-bond acceptors (Lipinski definition) is 4. The van der Waals surface area contributed by atoms with Crippen molar-refractivity contribution in [3.05, 3.63) is 48.0 Å². The molecule has 132 valence electrons. The lowest BCUT2D eigenvalue weighted by Gasteiger charge is -2.25. The standard InChI is InChI=1S/C16H22FN3O3S/c1-19(2)14(13-6-5-9-20(13)3)11-18-24(21,22)16-10-12(17)7-8-15(16)23-4/h5-10,14,18H,11H2,1-4H3/t14-/m0/s1. The number of aromatic nitrogens is 1. The molecule has 0 radical (unpaired) electrons. The van der Waals surface area contributed by atoms with Gasteiger partial charge < -0.3 is 9.30 Å².